The molecule has 0 unspecified atom stereocenters. The fourth-order valence-electron chi connectivity index (χ4n) is 1.57. The zero-order valence-corrected chi connectivity index (χ0v) is 11.9. The van der Waals surface area contributed by atoms with Crippen LogP contribution in [0.5, 0.6) is 0 Å². The van der Waals surface area contributed by atoms with E-state index in [9.17, 15) is 13.2 Å². The van der Waals surface area contributed by atoms with Crippen molar-refractivity contribution in [3.8, 4) is 0 Å². The monoisotopic (exact) mass is 315 g/mol. The minimum Gasteiger partial charge on any atom is -0.478 e. The average Bonchev–Trinajstić information content (AvgIpc) is 2.73. The van der Waals surface area contributed by atoms with Gasteiger partial charge in [-0.25, -0.2) is 18.2 Å². The summed E-state index contributed by atoms with van der Waals surface area (Å²) >= 11 is 5.77. The number of carboxylic acid groups (broad SMARTS) is 1. The molecule has 0 amide bonds. The van der Waals surface area contributed by atoms with Crippen LogP contribution in [-0.2, 0) is 22.6 Å². The number of nitrogens with zero attached hydrogens (tertiary/aromatic N) is 3. The molecule has 0 atom stereocenters. The number of aromatic nitrogens is 3. The first-order chi connectivity index (χ1) is 9.31. The number of hydrogen-bond donors (Lipinski definition) is 1. The number of rotatable bonds is 4. The zero-order chi connectivity index (χ0) is 14.9. The van der Waals surface area contributed by atoms with E-state index < -0.39 is 15.8 Å². The second-order valence-corrected chi connectivity index (χ2v) is 6.40. The predicted octanol–water partition coefficient (Wildman–Crippen LogP) is 1.14. The first-order valence-electron chi connectivity index (χ1n) is 5.40. The lowest BCUT2D eigenvalue weighted by Crippen LogP contribution is -2.10. The number of carboxylic acids is 1. The van der Waals surface area contributed by atoms with Gasteiger partial charge in [0.15, 0.2) is 9.84 Å². The molecule has 0 spiro atoms. The molecule has 1 aromatic heterocycles. The van der Waals surface area contributed by atoms with E-state index in [-0.39, 0.29) is 27.1 Å². The van der Waals surface area contributed by atoms with Gasteiger partial charge in [-0.2, -0.15) is 5.10 Å². The van der Waals surface area contributed by atoms with Crippen LogP contribution in [0.25, 0.3) is 0 Å². The van der Waals surface area contributed by atoms with Crippen molar-refractivity contribution in [2.75, 3.05) is 0 Å². The van der Waals surface area contributed by atoms with E-state index in [1.54, 1.807) is 7.05 Å². The van der Waals surface area contributed by atoms with E-state index in [1.807, 2.05) is 0 Å². The summed E-state index contributed by atoms with van der Waals surface area (Å²) < 4.78 is 25.7. The Morgan fingerprint density at radius 1 is 1.45 bits per heavy atom. The lowest BCUT2D eigenvalue weighted by Gasteiger charge is -2.06. The Labute approximate surface area is 119 Å². The van der Waals surface area contributed by atoms with Crippen molar-refractivity contribution < 1.29 is 18.3 Å². The second kappa shape index (κ2) is 5.22. The van der Waals surface area contributed by atoms with E-state index in [0.717, 1.165) is 12.1 Å². The number of hydrogen-bond acceptors (Lipinski definition) is 5. The van der Waals surface area contributed by atoms with Crippen molar-refractivity contribution in [1.82, 2.24) is 14.8 Å². The van der Waals surface area contributed by atoms with Gasteiger partial charge in [-0.3, -0.25) is 4.68 Å². The highest BCUT2D eigenvalue weighted by Gasteiger charge is 2.20. The van der Waals surface area contributed by atoms with Gasteiger partial charge >= 0.3 is 5.97 Å². The summed E-state index contributed by atoms with van der Waals surface area (Å²) in [7, 11) is -2.09. The smallest absolute Gasteiger partial charge is 0.337 e. The molecule has 0 saturated heterocycles. The number of aromatic carboxylic acids is 1. The third kappa shape index (κ3) is 2.81. The van der Waals surface area contributed by atoms with Gasteiger partial charge < -0.3 is 5.11 Å². The third-order valence-electron chi connectivity index (χ3n) is 2.65. The van der Waals surface area contributed by atoms with Crippen molar-refractivity contribution in [3.63, 3.8) is 0 Å². The molecule has 106 valence electrons. The van der Waals surface area contributed by atoms with E-state index in [2.05, 4.69) is 10.1 Å². The van der Waals surface area contributed by atoms with Gasteiger partial charge in [0.1, 0.15) is 17.9 Å². The van der Waals surface area contributed by atoms with Crippen molar-refractivity contribution in [3.05, 3.63) is 40.9 Å². The first kappa shape index (κ1) is 14.5. The molecule has 1 aromatic carbocycles. The molecular formula is C11H10ClN3O4S. The molecular weight excluding hydrogens is 306 g/mol. The van der Waals surface area contributed by atoms with Crippen LogP contribution in [0.15, 0.2) is 29.4 Å². The molecule has 20 heavy (non-hydrogen) atoms. The van der Waals surface area contributed by atoms with Crippen LogP contribution < -0.4 is 0 Å². The third-order valence-corrected chi connectivity index (χ3v) is 4.58. The van der Waals surface area contributed by atoms with Gasteiger partial charge in [0.05, 0.1) is 15.5 Å². The average molecular weight is 316 g/mol. The zero-order valence-electron chi connectivity index (χ0n) is 10.3. The maximum atomic E-state index is 12.2. The van der Waals surface area contributed by atoms with Gasteiger partial charge in [0, 0.05) is 7.05 Å². The lowest BCUT2D eigenvalue weighted by molar-refractivity contribution is 0.0697. The summed E-state index contributed by atoms with van der Waals surface area (Å²) in [5, 5.41) is 12.5. The Hall–Kier alpha value is -1.93. The Kier molecular flexibility index (Phi) is 3.78. The second-order valence-electron chi connectivity index (χ2n) is 4.01. The molecule has 2 aromatic rings. The molecule has 7 nitrogen and oxygen atoms in total. The first-order valence-corrected chi connectivity index (χ1v) is 7.43. The lowest BCUT2D eigenvalue weighted by atomic mass is 10.2. The molecule has 9 heteroatoms. The molecule has 0 fully saturated rings. The minimum absolute atomic E-state index is 0.0597. The Morgan fingerprint density at radius 2 is 2.15 bits per heavy atom. The molecule has 0 aliphatic carbocycles. The quantitative estimate of drug-likeness (QED) is 0.907. The number of aryl methyl sites for hydroxylation is 1. The predicted molar refractivity (Wildman–Crippen MR) is 70.3 cm³/mol. The van der Waals surface area contributed by atoms with E-state index in [4.69, 9.17) is 16.7 Å². The summed E-state index contributed by atoms with van der Waals surface area (Å²) in [4.78, 5) is 14.6. The van der Waals surface area contributed by atoms with Crippen LogP contribution in [0.3, 0.4) is 0 Å². The highest BCUT2D eigenvalue weighted by molar-refractivity contribution is 7.90. The number of halogens is 1. The van der Waals surface area contributed by atoms with Crippen molar-refractivity contribution >= 4 is 27.4 Å². The summed E-state index contributed by atoms with van der Waals surface area (Å²) in [6, 6.07) is 3.49. The number of benzene rings is 1. The Bertz CT molecular complexity index is 770. The summed E-state index contributed by atoms with van der Waals surface area (Å²) in [6.07, 6.45) is 1.26. The Balaban J connectivity index is 2.38. The topological polar surface area (TPSA) is 102 Å². The molecule has 0 aliphatic heterocycles. The molecule has 1 heterocycles. The van der Waals surface area contributed by atoms with Crippen LogP contribution in [0.4, 0.5) is 0 Å². The number of sulfone groups is 1. The summed E-state index contributed by atoms with van der Waals surface area (Å²) in [6.45, 7) is 0. The van der Waals surface area contributed by atoms with E-state index in [1.165, 1.54) is 17.1 Å². The van der Waals surface area contributed by atoms with Crippen molar-refractivity contribution in [2.45, 2.75) is 10.6 Å². The maximum Gasteiger partial charge on any atom is 0.337 e. The highest BCUT2D eigenvalue weighted by Crippen LogP contribution is 2.23. The van der Waals surface area contributed by atoms with Gasteiger partial charge in [-0.1, -0.05) is 11.6 Å². The van der Waals surface area contributed by atoms with E-state index >= 15 is 0 Å². The van der Waals surface area contributed by atoms with Crippen LogP contribution in [0, 0.1) is 0 Å². The molecule has 0 bridgehead atoms. The Morgan fingerprint density at radius 3 is 2.65 bits per heavy atom. The molecule has 1 N–H and O–H groups in total. The molecule has 2 rings (SSSR count). The van der Waals surface area contributed by atoms with Gasteiger partial charge in [-0.05, 0) is 18.2 Å². The van der Waals surface area contributed by atoms with E-state index in [0.29, 0.717) is 0 Å². The largest absolute Gasteiger partial charge is 0.478 e. The van der Waals surface area contributed by atoms with Crippen LogP contribution >= 0.6 is 11.6 Å². The SMILES string of the molecule is Cn1ncnc1CS(=O)(=O)c1ccc(C(=O)O)c(Cl)c1. The minimum atomic E-state index is -3.67. The van der Waals surface area contributed by atoms with Crippen molar-refractivity contribution in [2.24, 2.45) is 7.05 Å². The van der Waals surface area contributed by atoms with Crippen LogP contribution in [0.1, 0.15) is 16.2 Å². The fourth-order valence-corrected chi connectivity index (χ4v) is 3.23. The highest BCUT2D eigenvalue weighted by atomic mass is 35.5. The maximum absolute atomic E-state index is 12.2. The van der Waals surface area contributed by atoms with Crippen molar-refractivity contribution in [1.29, 1.82) is 0 Å². The van der Waals surface area contributed by atoms with Crippen LogP contribution in [-0.4, -0.2) is 34.3 Å². The molecule has 0 radical (unpaired) electrons. The van der Waals surface area contributed by atoms with Crippen LogP contribution in [0.2, 0.25) is 5.02 Å². The normalized spacial score (nSPS) is 11.5. The molecule has 0 aliphatic rings. The summed E-state index contributed by atoms with van der Waals surface area (Å²) in [5.74, 6) is -1.28. The van der Waals surface area contributed by atoms with Gasteiger partial charge in [0.2, 0.25) is 0 Å². The number of carbonyl (C=O) groups is 1. The van der Waals surface area contributed by atoms with Gasteiger partial charge in [0.25, 0.3) is 0 Å². The standard InChI is InChI=1S/C11H10ClN3O4S/c1-15-10(13-6-14-15)5-20(18,19)7-2-3-8(11(16)17)9(12)4-7/h2-4,6H,5H2,1H3,(H,16,17). The summed E-state index contributed by atoms with van der Waals surface area (Å²) in [5.41, 5.74) is -0.149. The molecule has 0 saturated carbocycles. The fraction of sp³-hybridized carbons (Fsp3) is 0.182. The van der Waals surface area contributed by atoms with Gasteiger partial charge in [-0.15, -0.1) is 0 Å².